The van der Waals surface area contributed by atoms with Crippen LogP contribution in [-0.2, 0) is 6.54 Å². The molecule has 0 saturated carbocycles. The zero-order valence-electron chi connectivity index (χ0n) is 9.86. The first-order valence-electron chi connectivity index (χ1n) is 5.58. The minimum absolute atomic E-state index is 0.0548. The first-order chi connectivity index (χ1) is 9.08. The number of carbonyl (C=O) groups is 1. The molecule has 0 aliphatic heterocycles. The highest BCUT2D eigenvalue weighted by atomic mass is 127. The number of halogens is 2. The average molecular weight is 371 g/mol. The number of hydrogen-bond donors (Lipinski definition) is 2. The van der Waals surface area contributed by atoms with E-state index in [9.17, 15) is 14.3 Å². The van der Waals surface area contributed by atoms with E-state index >= 15 is 0 Å². The Morgan fingerprint density at radius 1 is 1.26 bits per heavy atom. The van der Waals surface area contributed by atoms with Gasteiger partial charge in [-0.3, -0.25) is 4.79 Å². The third kappa shape index (κ3) is 3.44. The largest absolute Gasteiger partial charge is 0.507 e. The van der Waals surface area contributed by atoms with Gasteiger partial charge in [0.05, 0.1) is 3.57 Å². The van der Waals surface area contributed by atoms with Crippen molar-refractivity contribution in [2.75, 3.05) is 0 Å². The van der Waals surface area contributed by atoms with Gasteiger partial charge in [0.15, 0.2) is 0 Å². The number of phenolic OH excluding ortho intramolecular Hbond substituents is 1. The van der Waals surface area contributed by atoms with E-state index in [1.807, 2.05) is 22.6 Å². The Hall–Kier alpha value is -1.63. The van der Waals surface area contributed by atoms with Gasteiger partial charge in [0.1, 0.15) is 11.6 Å². The Balaban J connectivity index is 2.05. The van der Waals surface area contributed by atoms with Crippen molar-refractivity contribution in [2.24, 2.45) is 0 Å². The van der Waals surface area contributed by atoms with E-state index in [2.05, 4.69) is 5.32 Å². The lowest BCUT2D eigenvalue weighted by atomic mass is 10.2. The molecular weight excluding hydrogens is 360 g/mol. The monoisotopic (exact) mass is 371 g/mol. The van der Waals surface area contributed by atoms with Crippen molar-refractivity contribution >= 4 is 28.5 Å². The predicted octanol–water partition coefficient (Wildman–Crippen LogP) is 3.07. The summed E-state index contributed by atoms with van der Waals surface area (Å²) in [5.41, 5.74) is 0.764. The molecule has 0 aliphatic carbocycles. The summed E-state index contributed by atoms with van der Waals surface area (Å²) in [7, 11) is 0. The Morgan fingerprint density at radius 3 is 2.68 bits per heavy atom. The van der Waals surface area contributed by atoms with Crippen molar-refractivity contribution in [1.82, 2.24) is 5.32 Å². The Kier molecular flexibility index (Phi) is 4.36. The molecule has 0 saturated heterocycles. The van der Waals surface area contributed by atoms with Crippen LogP contribution < -0.4 is 5.32 Å². The summed E-state index contributed by atoms with van der Waals surface area (Å²) in [6.07, 6.45) is 0. The van der Waals surface area contributed by atoms with Crippen LogP contribution in [0.5, 0.6) is 5.75 Å². The second-order valence-electron chi connectivity index (χ2n) is 3.94. The van der Waals surface area contributed by atoms with E-state index in [1.165, 1.54) is 12.1 Å². The molecule has 19 heavy (non-hydrogen) atoms. The molecule has 0 heterocycles. The minimum Gasteiger partial charge on any atom is -0.507 e. The lowest BCUT2D eigenvalue weighted by Crippen LogP contribution is -2.23. The molecule has 0 spiro atoms. The molecule has 0 fully saturated rings. The van der Waals surface area contributed by atoms with Gasteiger partial charge in [0.2, 0.25) is 0 Å². The lowest BCUT2D eigenvalue weighted by Gasteiger charge is -2.07. The maximum Gasteiger partial charge on any atom is 0.251 e. The van der Waals surface area contributed by atoms with E-state index in [0.29, 0.717) is 14.7 Å². The molecule has 0 bridgehead atoms. The van der Waals surface area contributed by atoms with Crippen molar-refractivity contribution < 1.29 is 14.3 Å². The standard InChI is InChI=1S/C14H11FINO2/c15-11-4-2-1-3-10(11)8-17-14(19)9-5-6-12(16)13(18)7-9/h1-7,18H,8H2,(H,17,19). The van der Waals surface area contributed by atoms with Gasteiger partial charge in [0, 0.05) is 17.7 Å². The number of hydrogen-bond acceptors (Lipinski definition) is 2. The van der Waals surface area contributed by atoms with Crippen LogP contribution in [0.2, 0.25) is 0 Å². The zero-order chi connectivity index (χ0) is 13.8. The molecule has 98 valence electrons. The van der Waals surface area contributed by atoms with Crippen LogP contribution in [0.15, 0.2) is 42.5 Å². The number of rotatable bonds is 3. The Bertz CT molecular complexity index is 616. The van der Waals surface area contributed by atoms with Crippen LogP contribution in [0, 0.1) is 9.39 Å². The second-order valence-corrected chi connectivity index (χ2v) is 5.10. The smallest absolute Gasteiger partial charge is 0.251 e. The highest BCUT2D eigenvalue weighted by molar-refractivity contribution is 14.1. The Labute approximate surface area is 123 Å². The molecule has 3 nitrogen and oxygen atoms in total. The van der Waals surface area contributed by atoms with Gasteiger partial charge in [-0.25, -0.2) is 4.39 Å². The molecule has 0 aromatic heterocycles. The summed E-state index contributed by atoms with van der Waals surface area (Å²) in [4.78, 5) is 11.8. The fourth-order valence-electron chi connectivity index (χ4n) is 1.57. The number of amides is 1. The third-order valence-corrected chi connectivity index (χ3v) is 3.52. The molecule has 0 atom stereocenters. The maximum absolute atomic E-state index is 13.4. The molecular formula is C14H11FINO2. The van der Waals surface area contributed by atoms with Crippen molar-refractivity contribution in [2.45, 2.75) is 6.54 Å². The summed E-state index contributed by atoms with van der Waals surface area (Å²) < 4.78 is 14.0. The quantitative estimate of drug-likeness (QED) is 0.815. The fraction of sp³-hybridized carbons (Fsp3) is 0.0714. The van der Waals surface area contributed by atoms with Crippen LogP contribution in [0.3, 0.4) is 0 Å². The average Bonchev–Trinajstić information content (AvgIpc) is 2.40. The molecule has 0 aliphatic rings. The molecule has 5 heteroatoms. The highest BCUT2D eigenvalue weighted by Gasteiger charge is 2.09. The lowest BCUT2D eigenvalue weighted by molar-refractivity contribution is 0.0950. The van der Waals surface area contributed by atoms with E-state index < -0.39 is 0 Å². The SMILES string of the molecule is O=C(NCc1ccccc1F)c1ccc(I)c(O)c1. The molecule has 2 rings (SSSR count). The summed E-state index contributed by atoms with van der Waals surface area (Å²) in [6.45, 7) is 0.109. The van der Waals surface area contributed by atoms with Crippen molar-refractivity contribution in [1.29, 1.82) is 0 Å². The molecule has 0 radical (unpaired) electrons. The minimum atomic E-state index is -0.353. The molecule has 2 aromatic rings. The number of aromatic hydroxyl groups is 1. The van der Waals surface area contributed by atoms with Gasteiger partial charge >= 0.3 is 0 Å². The van der Waals surface area contributed by atoms with Crippen LogP contribution in [0.25, 0.3) is 0 Å². The molecule has 1 amide bonds. The van der Waals surface area contributed by atoms with Gasteiger partial charge in [0.25, 0.3) is 5.91 Å². The highest BCUT2D eigenvalue weighted by Crippen LogP contribution is 2.20. The number of nitrogens with one attached hydrogen (secondary N) is 1. The maximum atomic E-state index is 13.4. The van der Waals surface area contributed by atoms with E-state index in [1.54, 1.807) is 30.3 Å². The summed E-state index contributed by atoms with van der Waals surface area (Å²) in [5.74, 6) is -0.651. The van der Waals surface area contributed by atoms with Crippen molar-refractivity contribution in [3.05, 3.63) is 63.0 Å². The van der Waals surface area contributed by atoms with Gasteiger partial charge in [-0.2, -0.15) is 0 Å². The number of benzene rings is 2. The first kappa shape index (κ1) is 13.8. The van der Waals surface area contributed by atoms with Crippen LogP contribution >= 0.6 is 22.6 Å². The van der Waals surface area contributed by atoms with E-state index in [0.717, 1.165) is 0 Å². The van der Waals surface area contributed by atoms with Crippen molar-refractivity contribution in [3.8, 4) is 5.75 Å². The molecule has 2 aromatic carbocycles. The first-order valence-corrected chi connectivity index (χ1v) is 6.66. The van der Waals surface area contributed by atoms with Crippen LogP contribution in [0.1, 0.15) is 15.9 Å². The molecule has 2 N–H and O–H groups in total. The summed E-state index contributed by atoms with van der Waals surface area (Å²) in [5, 5.41) is 12.1. The van der Waals surface area contributed by atoms with Crippen molar-refractivity contribution in [3.63, 3.8) is 0 Å². The summed E-state index contributed by atoms with van der Waals surface area (Å²) >= 11 is 1.97. The van der Waals surface area contributed by atoms with Crippen LogP contribution in [0.4, 0.5) is 4.39 Å². The third-order valence-electron chi connectivity index (χ3n) is 2.61. The number of carbonyl (C=O) groups excluding carboxylic acids is 1. The van der Waals surface area contributed by atoms with Gasteiger partial charge in [-0.05, 0) is 46.9 Å². The fourth-order valence-corrected chi connectivity index (χ4v) is 1.91. The van der Waals surface area contributed by atoms with Gasteiger partial charge in [-0.1, -0.05) is 18.2 Å². The van der Waals surface area contributed by atoms with Crippen LogP contribution in [-0.4, -0.2) is 11.0 Å². The van der Waals surface area contributed by atoms with Gasteiger partial charge < -0.3 is 10.4 Å². The van der Waals surface area contributed by atoms with E-state index in [-0.39, 0.29) is 24.0 Å². The van der Waals surface area contributed by atoms with Gasteiger partial charge in [-0.15, -0.1) is 0 Å². The normalized spacial score (nSPS) is 10.2. The predicted molar refractivity (Wildman–Crippen MR) is 78.4 cm³/mol. The Morgan fingerprint density at radius 2 is 2.00 bits per heavy atom. The number of phenols is 1. The second kappa shape index (κ2) is 6.01. The summed E-state index contributed by atoms with van der Waals surface area (Å²) in [6, 6.07) is 10.9. The molecule has 0 unspecified atom stereocenters. The topological polar surface area (TPSA) is 49.3 Å². The van der Waals surface area contributed by atoms with E-state index in [4.69, 9.17) is 0 Å². The zero-order valence-corrected chi connectivity index (χ0v) is 12.0.